The molecule has 0 radical (unpaired) electrons. The van der Waals surface area contributed by atoms with E-state index in [2.05, 4.69) is 41.2 Å². The fraction of sp³-hybridized carbons (Fsp3) is 0.950. The Morgan fingerprint density at radius 1 is 1.15 bits per heavy atom. The zero-order valence-electron chi connectivity index (χ0n) is 17.6. The van der Waals surface area contributed by atoms with Crippen molar-refractivity contribution in [2.75, 3.05) is 65.6 Å². The molecular weight excluding hydrogens is 342 g/mol. The van der Waals surface area contributed by atoms with Crippen LogP contribution in [0.25, 0.3) is 0 Å². The van der Waals surface area contributed by atoms with Crippen LogP contribution in [0.3, 0.4) is 0 Å². The van der Waals surface area contributed by atoms with Crippen LogP contribution in [0.1, 0.15) is 40.0 Å². The molecule has 1 unspecified atom stereocenters. The number of hydrogen-bond donors (Lipinski definition) is 3. The molecule has 2 saturated heterocycles. The number of aliphatic imine (C=N–C) groups is 1. The van der Waals surface area contributed by atoms with Crippen LogP contribution in [-0.2, 0) is 4.74 Å². The van der Waals surface area contributed by atoms with Crippen molar-refractivity contribution in [2.24, 2.45) is 10.9 Å². The van der Waals surface area contributed by atoms with Gasteiger partial charge >= 0.3 is 0 Å². The van der Waals surface area contributed by atoms with Crippen LogP contribution >= 0.6 is 0 Å². The number of ether oxygens (including phenoxy) is 1. The first-order valence-corrected chi connectivity index (χ1v) is 10.8. The summed E-state index contributed by atoms with van der Waals surface area (Å²) in [4.78, 5) is 9.84. The Labute approximate surface area is 165 Å². The van der Waals surface area contributed by atoms with Crippen molar-refractivity contribution in [2.45, 2.75) is 52.2 Å². The second-order valence-corrected chi connectivity index (χ2v) is 8.03. The summed E-state index contributed by atoms with van der Waals surface area (Å²) < 4.78 is 5.50. The maximum atomic E-state index is 9.59. The Morgan fingerprint density at radius 2 is 1.85 bits per heavy atom. The molecule has 0 aromatic heterocycles. The van der Waals surface area contributed by atoms with Gasteiger partial charge in [0.1, 0.15) is 0 Å². The highest BCUT2D eigenvalue weighted by Crippen LogP contribution is 2.13. The minimum absolute atomic E-state index is 0.0905. The molecule has 27 heavy (non-hydrogen) atoms. The van der Waals surface area contributed by atoms with Gasteiger partial charge in [-0.25, -0.2) is 0 Å². The van der Waals surface area contributed by atoms with Gasteiger partial charge in [0.2, 0.25) is 0 Å². The van der Waals surface area contributed by atoms with E-state index >= 15 is 0 Å². The molecule has 2 rings (SSSR count). The van der Waals surface area contributed by atoms with Crippen molar-refractivity contribution in [1.29, 1.82) is 0 Å². The molecule has 0 bridgehead atoms. The fourth-order valence-corrected chi connectivity index (χ4v) is 3.84. The average Bonchev–Trinajstić information content (AvgIpc) is 2.67. The number of piperidine rings is 1. The van der Waals surface area contributed by atoms with Crippen molar-refractivity contribution in [3.05, 3.63) is 0 Å². The van der Waals surface area contributed by atoms with Crippen LogP contribution in [-0.4, -0.2) is 98.6 Å². The maximum absolute atomic E-state index is 9.59. The lowest BCUT2D eigenvalue weighted by atomic mass is 10.0. The van der Waals surface area contributed by atoms with Crippen molar-refractivity contribution in [3.63, 3.8) is 0 Å². The molecule has 158 valence electrons. The number of morpholine rings is 1. The molecule has 0 spiro atoms. The van der Waals surface area contributed by atoms with Crippen molar-refractivity contribution in [3.8, 4) is 0 Å². The minimum atomic E-state index is -0.0905. The molecule has 2 heterocycles. The van der Waals surface area contributed by atoms with Gasteiger partial charge in [-0.2, -0.15) is 0 Å². The van der Waals surface area contributed by atoms with Crippen LogP contribution in [0.15, 0.2) is 4.99 Å². The number of nitrogens with one attached hydrogen (secondary N) is 2. The van der Waals surface area contributed by atoms with Gasteiger partial charge in [0, 0.05) is 45.3 Å². The third-order valence-electron chi connectivity index (χ3n) is 5.57. The Hall–Kier alpha value is -0.890. The molecule has 2 aliphatic heterocycles. The third kappa shape index (κ3) is 8.34. The number of guanidine groups is 1. The SMILES string of the molecule is CCNC(=NCC(C(C)C)N1CCOCC1)NCCCN1CCC(O)CC1. The normalized spacial score (nSPS) is 22.2. The van der Waals surface area contributed by atoms with E-state index in [-0.39, 0.29) is 6.10 Å². The third-order valence-corrected chi connectivity index (χ3v) is 5.57. The number of aliphatic hydroxyl groups excluding tert-OH is 1. The predicted molar refractivity (Wildman–Crippen MR) is 111 cm³/mol. The van der Waals surface area contributed by atoms with E-state index in [1.54, 1.807) is 0 Å². The Morgan fingerprint density at radius 3 is 2.48 bits per heavy atom. The Balaban J connectivity index is 1.74. The zero-order chi connectivity index (χ0) is 19.5. The second-order valence-electron chi connectivity index (χ2n) is 8.03. The highest BCUT2D eigenvalue weighted by atomic mass is 16.5. The number of aliphatic hydroxyl groups is 1. The summed E-state index contributed by atoms with van der Waals surface area (Å²) in [5, 5.41) is 16.5. The zero-order valence-corrected chi connectivity index (χ0v) is 17.6. The van der Waals surface area contributed by atoms with E-state index in [1.807, 2.05) is 0 Å². The molecule has 0 aliphatic carbocycles. The standard InChI is InChI=1S/C20H41N5O2/c1-4-21-20(22-8-5-9-24-10-6-18(26)7-11-24)23-16-19(17(2)3)25-12-14-27-15-13-25/h17-19,26H,4-16H2,1-3H3,(H2,21,22,23). The van der Waals surface area contributed by atoms with E-state index in [0.717, 1.165) is 90.8 Å². The van der Waals surface area contributed by atoms with Gasteiger partial charge in [0.05, 0.1) is 25.9 Å². The highest BCUT2D eigenvalue weighted by Gasteiger charge is 2.23. The molecule has 7 heteroatoms. The lowest BCUT2D eigenvalue weighted by Gasteiger charge is -2.36. The second kappa shape index (κ2) is 12.5. The summed E-state index contributed by atoms with van der Waals surface area (Å²) in [6, 6.07) is 0.462. The number of nitrogens with zero attached hydrogens (tertiary/aromatic N) is 3. The van der Waals surface area contributed by atoms with Crippen LogP contribution in [0.4, 0.5) is 0 Å². The van der Waals surface area contributed by atoms with Gasteiger partial charge in [0.15, 0.2) is 5.96 Å². The van der Waals surface area contributed by atoms with Gasteiger partial charge in [0.25, 0.3) is 0 Å². The average molecular weight is 384 g/mol. The first-order chi connectivity index (χ1) is 13.1. The lowest BCUT2D eigenvalue weighted by molar-refractivity contribution is 0.00867. The lowest BCUT2D eigenvalue weighted by Crippen LogP contribution is -2.48. The predicted octanol–water partition coefficient (Wildman–Crippen LogP) is 0.745. The summed E-state index contributed by atoms with van der Waals surface area (Å²) in [6.07, 6.45) is 2.83. The monoisotopic (exact) mass is 383 g/mol. The molecule has 3 N–H and O–H groups in total. The number of likely N-dealkylation sites (tertiary alicyclic amines) is 1. The van der Waals surface area contributed by atoms with Crippen molar-refractivity contribution < 1.29 is 9.84 Å². The van der Waals surface area contributed by atoms with Gasteiger partial charge in [-0.3, -0.25) is 9.89 Å². The fourth-order valence-electron chi connectivity index (χ4n) is 3.84. The first kappa shape index (κ1) is 22.4. The van der Waals surface area contributed by atoms with Crippen LogP contribution in [0, 0.1) is 5.92 Å². The summed E-state index contributed by atoms with van der Waals surface area (Å²) in [5.74, 6) is 1.50. The maximum Gasteiger partial charge on any atom is 0.191 e. The number of rotatable bonds is 9. The van der Waals surface area contributed by atoms with Gasteiger partial charge in [-0.05, 0) is 38.6 Å². The molecule has 0 saturated carbocycles. The van der Waals surface area contributed by atoms with E-state index in [0.29, 0.717) is 12.0 Å². The van der Waals surface area contributed by atoms with Gasteiger partial charge < -0.3 is 25.4 Å². The molecule has 0 amide bonds. The summed E-state index contributed by atoms with van der Waals surface area (Å²) >= 11 is 0. The molecular formula is C20H41N5O2. The van der Waals surface area contributed by atoms with Crippen molar-refractivity contribution in [1.82, 2.24) is 20.4 Å². The Bertz CT molecular complexity index is 419. The molecule has 1 atom stereocenters. The van der Waals surface area contributed by atoms with Crippen LogP contribution in [0.5, 0.6) is 0 Å². The summed E-state index contributed by atoms with van der Waals surface area (Å²) in [7, 11) is 0. The summed E-state index contributed by atoms with van der Waals surface area (Å²) in [5.41, 5.74) is 0. The Kier molecular flexibility index (Phi) is 10.4. The largest absolute Gasteiger partial charge is 0.393 e. The van der Waals surface area contributed by atoms with Gasteiger partial charge in [-0.1, -0.05) is 13.8 Å². The quantitative estimate of drug-likeness (QED) is 0.310. The summed E-state index contributed by atoms with van der Waals surface area (Å²) in [6.45, 7) is 16.1. The van der Waals surface area contributed by atoms with E-state index < -0.39 is 0 Å². The highest BCUT2D eigenvalue weighted by molar-refractivity contribution is 5.79. The molecule has 2 fully saturated rings. The first-order valence-electron chi connectivity index (χ1n) is 10.8. The van der Waals surface area contributed by atoms with E-state index in [1.165, 1.54) is 0 Å². The van der Waals surface area contributed by atoms with Gasteiger partial charge in [-0.15, -0.1) is 0 Å². The van der Waals surface area contributed by atoms with E-state index in [4.69, 9.17) is 9.73 Å². The molecule has 0 aromatic carbocycles. The number of hydrogen-bond acceptors (Lipinski definition) is 5. The minimum Gasteiger partial charge on any atom is -0.393 e. The topological polar surface area (TPSA) is 72.4 Å². The van der Waals surface area contributed by atoms with Crippen LogP contribution in [0.2, 0.25) is 0 Å². The molecule has 0 aromatic rings. The van der Waals surface area contributed by atoms with Crippen molar-refractivity contribution >= 4 is 5.96 Å². The van der Waals surface area contributed by atoms with Crippen LogP contribution < -0.4 is 10.6 Å². The molecule has 2 aliphatic rings. The smallest absolute Gasteiger partial charge is 0.191 e. The molecule has 7 nitrogen and oxygen atoms in total. The van der Waals surface area contributed by atoms with E-state index in [9.17, 15) is 5.11 Å².